The number of carbonyl (C=O) groups excluding carboxylic acids is 1. The highest BCUT2D eigenvalue weighted by atomic mass is 16.3. The smallest absolute Gasteiger partial charge is 0.185 e. The van der Waals surface area contributed by atoms with E-state index in [9.17, 15) is 4.79 Å². The van der Waals surface area contributed by atoms with E-state index in [0.717, 1.165) is 0 Å². The molecular formula is C5H6O3. The number of aldehydes is 1. The number of hydrogen-bond acceptors (Lipinski definition) is 2. The number of rotatable bonds is 1. The van der Waals surface area contributed by atoms with Crippen molar-refractivity contribution in [1.82, 2.24) is 0 Å². The normalized spacial score (nSPS) is 7.50. The molecular weight excluding hydrogens is 108 g/mol. The second kappa shape index (κ2) is 2.98. The SMILES string of the molecule is O.O=Cc1ccco1. The van der Waals surface area contributed by atoms with Crippen LogP contribution in [-0.4, -0.2) is 11.8 Å². The van der Waals surface area contributed by atoms with E-state index in [1.165, 1.54) is 6.26 Å². The largest absolute Gasteiger partial charge is 0.462 e. The molecule has 44 valence electrons. The minimum atomic E-state index is 0. The highest BCUT2D eigenvalue weighted by Crippen LogP contribution is 1.92. The quantitative estimate of drug-likeness (QED) is 0.492. The van der Waals surface area contributed by atoms with Crippen molar-refractivity contribution in [3.8, 4) is 0 Å². The van der Waals surface area contributed by atoms with Crippen molar-refractivity contribution in [2.75, 3.05) is 0 Å². The van der Waals surface area contributed by atoms with Gasteiger partial charge in [-0.2, -0.15) is 0 Å². The molecule has 0 amide bonds. The Morgan fingerprint density at radius 2 is 2.38 bits per heavy atom. The van der Waals surface area contributed by atoms with Gasteiger partial charge < -0.3 is 9.89 Å². The molecule has 0 radical (unpaired) electrons. The molecule has 0 atom stereocenters. The highest BCUT2D eigenvalue weighted by molar-refractivity contribution is 5.69. The van der Waals surface area contributed by atoms with Gasteiger partial charge in [0.25, 0.3) is 0 Å². The van der Waals surface area contributed by atoms with Gasteiger partial charge in [-0.15, -0.1) is 0 Å². The van der Waals surface area contributed by atoms with Gasteiger partial charge in [0.05, 0.1) is 6.26 Å². The summed E-state index contributed by atoms with van der Waals surface area (Å²) in [7, 11) is 0. The first-order valence-corrected chi connectivity index (χ1v) is 1.92. The molecule has 0 aliphatic heterocycles. The van der Waals surface area contributed by atoms with Crippen LogP contribution in [0.4, 0.5) is 0 Å². The van der Waals surface area contributed by atoms with Gasteiger partial charge >= 0.3 is 0 Å². The Morgan fingerprint density at radius 1 is 1.62 bits per heavy atom. The summed E-state index contributed by atoms with van der Waals surface area (Å²) in [5.41, 5.74) is 0. The zero-order valence-electron chi connectivity index (χ0n) is 4.13. The van der Waals surface area contributed by atoms with Crippen LogP contribution in [0, 0.1) is 0 Å². The maximum Gasteiger partial charge on any atom is 0.185 e. The van der Waals surface area contributed by atoms with E-state index in [4.69, 9.17) is 0 Å². The van der Waals surface area contributed by atoms with E-state index in [0.29, 0.717) is 12.0 Å². The van der Waals surface area contributed by atoms with Gasteiger partial charge in [0.1, 0.15) is 0 Å². The second-order valence-corrected chi connectivity index (χ2v) is 1.13. The zero-order chi connectivity index (χ0) is 5.11. The van der Waals surface area contributed by atoms with Gasteiger partial charge in [0.15, 0.2) is 12.0 Å². The Bertz CT molecular complexity index is 143. The molecule has 0 aliphatic carbocycles. The van der Waals surface area contributed by atoms with E-state index < -0.39 is 0 Å². The summed E-state index contributed by atoms with van der Waals surface area (Å²) >= 11 is 0. The summed E-state index contributed by atoms with van der Waals surface area (Å²) < 4.78 is 4.61. The van der Waals surface area contributed by atoms with Gasteiger partial charge in [0, 0.05) is 0 Å². The van der Waals surface area contributed by atoms with Crippen molar-refractivity contribution in [3.05, 3.63) is 24.2 Å². The predicted molar refractivity (Wildman–Crippen MR) is 27.7 cm³/mol. The third-order valence-corrected chi connectivity index (χ3v) is 0.659. The molecule has 3 heteroatoms. The van der Waals surface area contributed by atoms with Crippen molar-refractivity contribution in [2.24, 2.45) is 0 Å². The molecule has 0 bridgehead atoms. The third kappa shape index (κ3) is 1.20. The topological polar surface area (TPSA) is 61.7 Å². The van der Waals surface area contributed by atoms with Crippen molar-refractivity contribution in [1.29, 1.82) is 0 Å². The van der Waals surface area contributed by atoms with Gasteiger partial charge in [0.2, 0.25) is 0 Å². The predicted octanol–water partition coefficient (Wildman–Crippen LogP) is 0.267. The molecule has 1 aromatic heterocycles. The van der Waals surface area contributed by atoms with E-state index >= 15 is 0 Å². The van der Waals surface area contributed by atoms with Crippen LogP contribution in [0.25, 0.3) is 0 Å². The molecule has 0 fully saturated rings. The first-order chi connectivity index (χ1) is 3.43. The fourth-order valence-corrected chi connectivity index (χ4v) is 0.358. The molecule has 1 aromatic rings. The number of hydrogen-bond donors (Lipinski definition) is 0. The monoisotopic (exact) mass is 114 g/mol. The Labute approximate surface area is 46.2 Å². The lowest BCUT2D eigenvalue weighted by Crippen LogP contribution is -1.65. The molecule has 0 saturated carbocycles. The lowest BCUT2D eigenvalue weighted by molar-refractivity contribution is 0.110. The standard InChI is InChI=1S/C5H4O2.H2O/c6-4-5-2-1-3-7-5;/h1-4H;1H2. The summed E-state index contributed by atoms with van der Waals surface area (Å²) in [6, 6.07) is 3.27. The Morgan fingerprint density at radius 3 is 2.62 bits per heavy atom. The summed E-state index contributed by atoms with van der Waals surface area (Å²) in [6.07, 6.45) is 2.13. The average molecular weight is 114 g/mol. The molecule has 0 aliphatic rings. The molecule has 0 spiro atoms. The van der Waals surface area contributed by atoms with E-state index in [1.54, 1.807) is 12.1 Å². The molecule has 8 heavy (non-hydrogen) atoms. The lowest BCUT2D eigenvalue weighted by atomic mass is 10.5. The van der Waals surface area contributed by atoms with Crippen LogP contribution < -0.4 is 0 Å². The summed E-state index contributed by atoms with van der Waals surface area (Å²) in [5, 5.41) is 0. The minimum Gasteiger partial charge on any atom is -0.462 e. The fraction of sp³-hybridized carbons (Fsp3) is 0. The molecule has 0 aromatic carbocycles. The van der Waals surface area contributed by atoms with Crippen LogP contribution in [0.5, 0.6) is 0 Å². The maximum atomic E-state index is 9.77. The minimum absolute atomic E-state index is 0. The van der Waals surface area contributed by atoms with Crippen LogP contribution in [0.3, 0.4) is 0 Å². The van der Waals surface area contributed by atoms with E-state index in [1.807, 2.05) is 0 Å². The first kappa shape index (κ1) is 6.91. The van der Waals surface area contributed by atoms with Gasteiger partial charge in [-0.3, -0.25) is 4.79 Å². The number of furan rings is 1. The molecule has 1 heterocycles. The zero-order valence-corrected chi connectivity index (χ0v) is 4.13. The van der Waals surface area contributed by atoms with Gasteiger partial charge in [-0.25, -0.2) is 0 Å². The Balaban J connectivity index is 0.000000490. The van der Waals surface area contributed by atoms with Crippen LogP contribution in [0.15, 0.2) is 22.8 Å². The Kier molecular flexibility index (Phi) is 2.58. The average Bonchev–Trinajstić information content (AvgIpc) is 2.14. The molecule has 1 rings (SSSR count). The number of carbonyl (C=O) groups is 1. The van der Waals surface area contributed by atoms with E-state index in [2.05, 4.69) is 4.42 Å². The van der Waals surface area contributed by atoms with E-state index in [-0.39, 0.29) is 5.48 Å². The molecule has 2 N–H and O–H groups in total. The Hall–Kier alpha value is -1.09. The third-order valence-electron chi connectivity index (χ3n) is 0.659. The second-order valence-electron chi connectivity index (χ2n) is 1.13. The lowest BCUT2D eigenvalue weighted by Gasteiger charge is -1.68. The summed E-state index contributed by atoms with van der Waals surface area (Å²) in [6.45, 7) is 0. The molecule has 3 nitrogen and oxygen atoms in total. The summed E-state index contributed by atoms with van der Waals surface area (Å²) in [4.78, 5) is 9.77. The van der Waals surface area contributed by atoms with Gasteiger partial charge in [-0.05, 0) is 12.1 Å². The van der Waals surface area contributed by atoms with Crippen LogP contribution in [-0.2, 0) is 0 Å². The fourth-order valence-electron chi connectivity index (χ4n) is 0.358. The first-order valence-electron chi connectivity index (χ1n) is 1.92. The van der Waals surface area contributed by atoms with Gasteiger partial charge in [-0.1, -0.05) is 0 Å². The summed E-state index contributed by atoms with van der Waals surface area (Å²) in [5.74, 6) is 0.375. The maximum absolute atomic E-state index is 9.77. The van der Waals surface area contributed by atoms with Crippen LogP contribution in [0.1, 0.15) is 10.6 Å². The van der Waals surface area contributed by atoms with Crippen molar-refractivity contribution < 1.29 is 14.7 Å². The van der Waals surface area contributed by atoms with Crippen LogP contribution >= 0.6 is 0 Å². The molecule has 0 saturated heterocycles. The highest BCUT2D eigenvalue weighted by Gasteiger charge is 1.84. The van der Waals surface area contributed by atoms with Crippen molar-refractivity contribution >= 4 is 6.29 Å². The van der Waals surface area contributed by atoms with Crippen molar-refractivity contribution in [3.63, 3.8) is 0 Å². The molecule has 0 unspecified atom stereocenters. The van der Waals surface area contributed by atoms with Crippen molar-refractivity contribution in [2.45, 2.75) is 0 Å². The van der Waals surface area contributed by atoms with Crippen LogP contribution in [0.2, 0.25) is 0 Å².